The number of ether oxygens (including phenoxy) is 4. The normalized spacial score (nSPS) is 25.9. The van der Waals surface area contributed by atoms with Crippen LogP contribution in [0.25, 0.3) is 0 Å². The minimum absolute atomic E-state index is 0.324. The van der Waals surface area contributed by atoms with Crippen LogP contribution in [0, 0.1) is 0 Å². The highest BCUT2D eigenvalue weighted by Crippen LogP contribution is 2.29. The summed E-state index contributed by atoms with van der Waals surface area (Å²) < 4.78 is 21.5. The highest BCUT2D eigenvalue weighted by molar-refractivity contribution is 5.14. The van der Waals surface area contributed by atoms with Gasteiger partial charge in [0.25, 0.3) is 0 Å². The average Bonchev–Trinajstić information content (AvgIpc) is 3.62. The Morgan fingerprint density at radius 3 is 1.31 bits per heavy atom. The number of benzene rings is 2. The zero-order valence-electron chi connectivity index (χ0n) is 15.5. The first kappa shape index (κ1) is 19.1. The molecular formula is C22H28O4. The topological polar surface area (TPSA) is 36.9 Å². The van der Waals surface area contributed by atoms with E-state index in [4.69, 9.17) is 18.9 Å². The Kier molecular flexibility index (Phi) is 7.21. The summed E-state index contributed by atoms with van der Waals surface area (Å²) in [6.45, 7) is 1.40. The van der Waals surface area contributed by atoms with Crippen LogP contribution in [0.15, 0.2) is 60.7 Å². The third kappa shape index (κ3) is 6.22. The van der Waals surface area contributed by atoms with Gasteiger partial charge in [0.2, 0.25) is 0 Å². The summed E-state index contributed by atoms with van der Waals surface area (Å²) in [6, 6.07) is 20.4. The molecule has 0 heterocycles. The van der Waals surface area contributed by atoms with Gasteiger partial charge in [-0.15, -0.1) is 0 Å². The molecule has 0 saturated heterocycles. The Balaban J connectivity index is 0.000000151. The molecule has 0 aromatic heterocycles. The van der Waals surface area contributed by atoms with Crippen molar-refractivity contribution in [3.63, 3.8) is 0 Å². The van der Waals surface area contributed by atoms with Gasteiger partial charge in [0.05, 0.1) is 37.6 Å². The van der Waals surface area contributed by atoms with E-state index in [2.05, 4.69) is 24.3 Å². The van der Waals surface area contributed by atoms with Crippen molar-refractivity contribution in [3.8, 4) is 0 Å². The molecular weight excluding hydrogens is 328 g/mol. The lowest BCUT2D eigenvalue weighted by atomic mass is 10.2. The minimum Gasteiger partial charge on any atom is -0.379 e. The molecule has 2 aromatic rings. The van der Waals surface area contributed by atoms with Gasteiger partial charge in [0, 0.05) is 27.1 Å². The summed E-state index contributed by atoms with van der Waals surface area (Å²) in [7, 11) is 3.47. The molecule has 2 aromatic carbocycles. The van der Waals surface area contributed by atoms with Gasteiger partial charge in [-0.05, 0) is 11.1 Å². The fourth-order valence-electron chi connectivity index (χ4n) is 2.70. The van der Waals surface area contributed by atoms with Gasteiger partial charge in [-0.25, -0.2) is 0 Å². The van der Waals surface area contributed by atoms with Crippen molar-refractivity contribution < 1.29 is 18.9 Å². The molecule has 0 aliphatic heterocycles. The molecule has 2 fully saturated rings. The Bertz CT molecular complexity index is 574. The van der Waals surface area contributed by atoms with Crippen LogP contribution in [0.3, 0.4) is 0 Å². The Morgan fingerprint density at radius 1 is 0.615 bits per heavy atom. The van der Waals surface area contributed by atoms with Crippen molar-refractivity contribution >= 4 is 0 Å². The number of methoxy groups -OCH3 is 2. The number of hydrogen-bond acceptors (Lipinski definition) is 4. The first-order chi connectivity index (χ1) is 12.8. The van der Waals surface area contributed by atoms with Crippen molar-refractivity contribution in [3.05, 3.63) is 71.8 Å². The van der Waals surface area contributed by atoms with Crippen LogP contribution in [0.1, 0.15) is 24.0 Å². The highest BCUT2D eigenvalue weighted by atomic mass is 16.6. The number of hydrogen-bond donors (Lipinski definition) is 0. The summed E-state index contributed by atoms with van der Waals surface area (Å²) in [4.78, 5) is 0. The zero-order chi connectivity index (χ0) is 18.2. The monoisotopic (exact) mass is 356 g/mol. The maximum absolute atomic E-state index is 5.62. The molecule has 140 valence electrons. The average molecular weight is 356 g/mol. The molecule has 4 atom stereocenters. The van der Waals surface area contributed by atoms with Gasteiger partial charge < -0.3 is 18.9 Å². The van der Waals surface area contributed by atoms with Crippen LogP contribution in [0.2, 0.25) is 0 Å². The van der Waals surface area contributed by atoms with Crippen LogP contribution < -0.4 is 0 Å². The number of rotatable bonds is 8. The van der Waals surface area contributed by atoms with E-state index in [9.17, 15) is 0 Å². The second-order valence-corrected chi connectivity index (χ2v) is 6.69. The molecule has 0 N–H and O–H groups in total. The maximum Gasteiger partial charge on any atom is 0.0867 e. The van der Waals surface area contributed by atoms with E-state index in [-0.39, 0.29) is 0 Å². The molecule has 0 bridgehead atoms. The van der Waals surface area contributed by atoms with Crippen molar-refractivity contribution in [2.24, 2.45) is 0 Å². The molecule has 4 rings (SSSR count). The second-order valence-electron chi connectivity index (χ2n) is 6.69. The molecule has 0 spiro atoms. The lowest BCUT2D eigenvalue weighted by Gasteiger charge is -2.02. The molecule has 0 amide bonds. The summed E-state index contributed by atoms with van der Waals surface area (Å²) in [5.41, 5.74) is 2.45. The molecule has 4 heteroatoms. The zero-order valence-corrected chi connectivity index (χ0v) is 15.5. The SMILES string of the molecule is CO[C@@H]1C[C@H]1OCc1ccccc1.CO[C@@H]1C[C@H]1OCc1ccccc1. The maximum atomic E-state index is 5.62. The van der Waals surface area contributed by atoms with Crippen LogP contribution in [0.5, 0.6) is 0 Å². The highest BCUT2D eigenvalue weighted by Gasteiger charge is 2.38. The molecule has 0 radical (unpaired) electrons. The summed E-state index contributed by atoms with van der Waals surface area (Å²) >= 11 is 0. The van der Waals surface area contributed by atoms with Gasteiger partial charge in [-0.3, -0.25) is 0 Å². The van der Waals surface area contributed by atoms with E-state index in [0.29, 0.717) is 37.6 Å². The van der Waals surface area contributed by atoms with E-state index in [0.717, 1.165) is 12.8 Å². The largest absolute Gasteiger partial charge is 0.379 e. The third-order valence-electron chi connectivity index (χ3n) is 4.57. The molecule has 2 aliphatic carbocycles. The van der Waals surface area contributed by atoms with Gasteiger partial charge in [-0.1, -0.05) is 60.7 Å². The first-order valence-electron chi connectivity index (χ1n) is 9.16. The van der Waals surface area contributed by atoms with E-state index in [1.807, 2.05) is 36.4 Å². The fraction of sp³-hybridized carbons (Fsp3) is 0.455. The lowest BCUT2D eigenvalue weighted by molar-refractivity contribution is 0.0552. The van der Waals surface area contributed by atoms with Crippen LogP contribution in [0.4, 0.5) is 0 Å². The fourth-order valence-corrected chi connectivity index (χ4v) is 2.70. The van der Waals surface area contributed by atoms with E-state index < -0.39 is 0 Å². The predicted octanol–water partition coefficient (Wildman–Crippen LogP) is 3.98. The van der Waals surface area contributed by atoms with Gasteiger partial charge >= 0.3 is 0 Å². The van der Waals surface area contributed by atoms with Gasteiger partial charge in [0.1, 0.15) is 0 Å². The van der Waals surface area contributed by atoms with E-state index in [1.54, 1.807) is 14.2 Å². The van der Waals surface area contributed by atoms with Gasteiger partial charge in [-0.2, -0.15) is 0 Å². The summed E-state index contributed by atoms with van der Waals surface area (Å²) in [5, 5.41) is 0. The van der Waals surface area contributed by atoms with Crippen molar-refractivity contribution in [1.82, 2.24) is 0 Å². The van der Waals surface area contributed by atoms with Crippen LogP contribution in [-0.2, 0) is 32.2 Å². The quantitative estimate of drug-likeness (QED) is 0.717. The lowest BCUT2D eigenvalue weighted by Crippen LogP contribution is -2.01. The summed E-state index contributed by atoms with van der Waals surface area (Å²) in [5.74, 6) is 0. The van der Waals surface area contributed by atoms with E-state index in [1.165, 1.54) is 11.1 Å². The van der Waals surface area contributed by atoms with Crippen LogP contribution >= 0.6 is 0 Å². The van der Waals surface area contributed by atoms with Crippen molar-refractivity contribution in [1.29, 1.82) is 0 Å². The predicted molar refractivity (Wildman–Crippen MR) is 101 cm³/mol. The minimum atomic E-state index is 0.324. The van der Waals surface area contributed by atoms with E-state index >= 15 is 0 Å². The van der Waals surface area contributed by atoms with Crippen molar-refractivity contribution in [2.75, 3.05) is 14.2 Å². The third-order valence-corrected chi connectivity index (χ3v) is 4.57. The van der Waals surface area contributed by atoms with Gasteiger partial charge in [0.15, 0.2) is 0 Å². The molecule has 2 saturated carbocycles. The smallest absolute Gasteiger partial charge is 0.0867 e. The molecule has 26 heavy (non-hydrogen) atoms. The Hall–Kier alpha value is -1.72. The standard InChI is InChI=1S/2C11H14O2/c2*1-12-10-7-11(10)13-8-9-5-3-2-4-6-9/h2*2-6,10-11H,7-8H2,1H3/t2*10-,11-/m11/s1. The molecule has 0 unspecified atom stereocenters. The second kappa shape index (κ2) is 9.83. The van der Waals surface area contributed by atoms with Crippen molar-refractivity contribution in [2.45, 2.75) is 50.5 Å². The van der Waals surface area contributed by atoms with Crippen LogP contribution in [-0.4, -0.2) is 38.6 Å². The Morgan fingerprint density at radius 2 is 1.00 bits per heavy atom. The Labute approximate surface area is 156 Å². The summed E-state index contributed by atoms with van der Waals surface area (Å²) in [6.07, 6.45) is 3.41. The molecule has 4 nitrogen and oxygen atoms in total. The molecule has 2 aliphatic rings. The first-order valence-corrected chi connectivity index (χ1v) is 9.16.